The van der Waals surface area contributed by atoms with Crippen molar-refractivity contribution in [3.63, 3.8) is 0 Å². The maximum atomic E-state index is 13.7. The normalized spacial score (nSPS) is 14.1. The Morgan fingerprint density at radius 2 is 1.75 bits per heavy atom. The van der Waals surface area contributed by atoms with Crippen molar-refractivity contribution in [1.29, 1.82) is 0 Å². The molecule has 2 N–H and O–H groups in total. The molecule has 0 radical (unpaired) electrons. The monoisotopic (exact) mass is 460 g/mol. The van der Waals surface area contributed by atoms with Gasteiger partial charge in [-0.05, 0) is 36.8 Å². The van der Waals surface area contributed by atoms with Gasteiger partial charge in [0.05, 0.1) is 22.9 Å². The minimum atomic E-state index is -3.41. The average molecular weight is 460 g/mol. The van der Waals surface area contributed by atoms with Gasteiger partial charge in [-0.2, -0.15) is 5.10 Å². The van der Waals surface area contributed by atoms with Crippen molar-refractivity contribution in [1.82, 2.24) is 15.1 Å². The predicted octanol–water partition coefficient (Wildman–Crippen LogP) is 2.14. The van der Waals surface area contributed by atoms with Crippen LogP contribution < -0.4 is 10.6 Å². The Morgan fingerprint density at radius 1 is 1.06 bits per heavy atom. The van der Waals surface area contributed by atoms with E-state index >= 15 is 0 Å². The maximum Gasteiger partial charge on any atom is 0.314 e. The lowest BCUT2D eigenvalue weighted by atomic mass is 10.2. The second kappa shape index (κ2) is 8.15. The van der Waals surface area contributed by atoms with E-state index in [0.717, 1.165) is 17.7 Å². The minimum Gasteiger partial charge on any atom is -0.344 e. The molecule has 4 rings (SSSR count). The SMILES string of the molecule is Cc1cccc(-n2nc3c(c2NC(=O)C(=O)NCc2c(F)cccc2F)CS(=O)(=O)C3)c1. The van der Waals surface area contributed by atoms with Crippen molar-refractivity contribution < 1.29 is 26.8 Å². The van der Waals surface area contributed by atoms with Crippen molar-refractivity contribution in [2.24, 2.45) is 0 Å². The van der Waals surface area contributed by atoms with Crippen LogP contribution in [0, 0.1) is 18.6 Å². The number of halogens is 2. The van der Waals surface area contributed by atoms with E-state index in [-0.39, 0.29) is 28.6 Å². The molecule has 0 saturated heterocycles. The lowest BCUT2D eigenvalue weighted by Crippen LogP contribution is -2.36. The van der Waals surface area contributed by atoms with Gasteiger partial charge in [0.15, 0.2) is 9.84 Å². The number of anilines is 1. The van der Waals surface area contributed by atoms with Gasteiger partial charge in [-0.25, -0.2) is 21.9 Å². The van der Waals surface area contributed by atoms with Crippen LogP contribution >= 0.6 is 0 Å². The molecule has 8 nitrogen and oxygen atoms in total. The number of hydrogen-bond donors (Lipinski definition) is 2. The number of hydrogen-bond acceptors (Lipinski definition) is 5. The molecule has 0 fully saturated rings. The lowest BCUT2D eigenvalue weighted by molar-refractivity contribution is -0.136. The van der Waals surface area contributed by atoms with Crippen LogP contribution in [0.3, 0.4) is 0 Å². The summed E-state index contributed by atoms with van der Waals surface area (Å²) in [6.07, 6.45) is 0. The molecule has 0 aliphatic carbocycles. The highest BCUT2D eigenvalue weighted by Gasteiger charge is 2.34. The number of benzene rings is 2. The van der Waals surface area contributed by atoms with Gasteiger partial charge in [0.25, 0.3) is 0 Å². The van der Waals surface area contributed by atoms with Gasteiger partial charge < -0.3 is 10.6 Å². The zero-order chi connectivity index (χ0) is 23.0. The van der Waals surface area contributed by atoms with E-state index in [2.05, 4.69) is 15.7 Å². The first-order valence-corrected chi connectivity index (χ1v) is 11.4. The summed E-state index contributed by atoms with van der Waals surface area (Å²) in [5, 5.41) is 8.89. The number of sulfone groups is 1. The second-order valence-electron chi connectivity index (χ2n) is 7.39. The number of aromatic nitrogens is 2. The van der Waals surface area contributed by atoms with Gasteiger partial charge in [0.2, 0.25) is 0 Å². The third-order valence-corrected chi connectivity index (χ3v) is 6.40. The predicted molar refractivity (Wildman–Crippen MR) is 111 cm³/mol. The quantitative estimate of drug-likeness (QED) is 0.580. The van der Waals surface area contributed by atoms with Gasteiger partial charge >= 0.3 is 11.8 Å². The molecule has 1 aromatic heterocycles. The summed E-state index contributed by atoms with van der Waals surface area (Å²) in [7, 11) is -3.41. The molecule has 166 valence electrons. The molecule has 0 saturated carbocycles. The van der Waals surface area contributed by atoms with Crippen molar-refractivity contribution in [3.05, 3.63) is 76.5 Å². The first-order chi connectivity index (χ1) is 15.1. The Morgan fingerprint density at radius 3 is 2.44 bits per heavy atom. The Bertz CT molecular complexity index is 1330. The van der Waals surface area contributed by atoms with Crippen molar-refractivity contribution in [2.45, 2.75) is 25.0 Å². The van der Waals surface area contributed by atoms with Gasteiger partial charge in [-0.1, -0.05) is 18.2 Å². The molecule has 2 aromatic carbocycles. The summed E-state index contributed by atoms with van der Waals surface area (Å²) in [6.45, 7) is 1.33. The van der Waals surface area contributed by atoms with Crippen LogP contribution in [0.1, 0.15) is 22.4 Å². The minimum absolute atomic E-state index is 0.0592. The van der Waals surface area contributed by atoms with E-state index in [1.165, 1.54) is 10.7 Å². The van der Waals surface area contributed by atoms with Crippen molar-refractivity contribution in [3.8, 4) is 5.69 Å². The molecular formula is C21H18F2N4O4S. The largest absolute Gasteiger partial charge is 0.344 e. The standard InChI is InChI=1S/C21H18F2N4O4S/c1-12-4-2-5-13(8-12)27-19(15-10-32(30,31)11-18(15)26-27)25-21(29)20(28)24-9-14-16(22)6-3-7-17(14)23/h2-8H,9-11H2,1H3,(H,24,28)(H,25,29). The topological polar surface area (TPSA) is 110 Å². The first kappa shape index (κ1) is 21.6. The molecule has 3 aromatic rings. The van der Waals surface area contributed by atoms with Crippen LogP contribution in [-0.4, -0.2) is 30.0 Å². The molecular weight excluding hydrogens is 442 g/mol. The Balaban J connectivity index is 1.59. The van der Waals surface area contributed by atoms with Crippen LogP contribution in [0.2, 0.25) is 0 Å². The fourth-order valence-corrected chi connectivity index (χ4v) is 4.93. The summed E-state index contributed by atoms with van der Waals surface area (Å²) < 4.78 is 52.9. The average Bonchev–Trinajstić information content (AvgIpc) is 3.19. The number of amides is 2. The number of fused-ring (bicyclic) bond motifs is 1. The second-order valence-corrected chi connectivity index (χ2v) is 9.46. The summed E-state index contributed by atoms with van der Waals surface area (Å²) >= 11 is 0. The van der Waals surface area contributed by atoms with Gasteiger partial charge in [0, 0.05) is 17.7 Å². The van der Waals surface area contributed by atoms with Crippen molar-refractivity contribution >= 4 is 27.5 Å². The molecule has 2 heterocycles. The third-order valence-electron chi connectivity index (χ3n) is 4.96. The first-order valence-electron chi connectivity index (χ1n) is 9.55. The summed E-state index contributed by atoms with van der Waals surface area (Å²) in [5.74, 6) is -4.52. The van der Waals surface area contributed by atoms with E-state index < -0.39 is 39.8 Å². The number of nitrogens with zero attached hydrogens (tertiary/aromatic N) is 2. The zero-order valence-corrected chi connectivity index (χ0v) is 17.7. The molecule has 2 amide bonds. The maximum absolute atomic E-state index is 13.7. The Kier molecular flexibility index (Phi) is 5.51. The van der Waals surface area contributed by atoms with Crippen LogP contribution in [-0.2, 0) is 37.5 Å². The third kappa shape index (κ3) is 4.24. The summed E-state index contributed by atoms with van der Waals surface area (Å²) in [5.41, 5.74) is 1.68. The van der Waals surface area contributed by atoms with Gasteiger partial charge in [-0.15, -0.1) is 0 Å². The number of carbonyl (C=O) groups is 2. The van der Waals surface area contributed by atoms with E-state index in [0.29, 0.717) is 11.3 Å². The van der Waals surface area contributed by atoms with E-state index in [1.807, 2.05) is 13.0 Å². The number of nitrogens with one attached hydrogen (secondary N) is 2. The molecule has 1 aliphatic heterocycles. The molecule has 0 atom stereocenters. The summed E-state index contributed by atoms with van der Waals surface area (Å²) in [4.78, 5) is 24.8. The number of rotatable bonds is 4. The summed E-state index contributed by atoms with van der Waals surface area (Å²) in [6, 6.07) is 10.4. The smallest absolute Gasteiger partial charge is 0.314 e. The highest BCUT2D eigenvalue weighted by atomic mass is 32.2. The molecule has 1 aliphatic rings. The molecule has 0 bridgehead atoms. The van der Waals surface area contributed by atoms with E-state index in [9.17, 15) is 26.8 Å². The fourth-order valence-electron chi connectivity index (χ4n) is 3.43. The highest BCUT2D eigenvalue weighted by molar-refractivity contribution is 7.90. The molecule has 0 spiro atoms. The molecule has 11 heteroatoms. The van der Waals surface area contributed by atoms with Crippen LogP contribution in [0.15, 0.2) is 42.5 Å². The molecule has 32 heavy (non-hydrogen) atoms. The van der Waals surface area contributed by atoms with Crippen molar-refractivity contribution in [2.75, 3.05) is 5.32 Å². The fraction of sp³-hybridized carbons (Fsp3) is 0.190. The zero-order valence-electron chi connectivity index (χ0n) is 16.9. The van der Waals surface area contributed by atoms with Crippen LogP contribution in [0.4, 0.5) is 14.6 Å². The molecule has 0 unspecified atom stereocenters. The van der Waals surface area contributed by atoms with E-state index in [4.69, 9.17) is 0 Å². The van der Waals surface area contributed by atoms with Crippen LogP contribution in [0.25, 0.3) is 5.69 Å². The van der Waals surface area contributed by atoms with Gasteiger partial charge in [0.1, 0.15) is 17.5 Å². The highest BCUT2D eigenvalue weighted by Crippen LogP contribution is 2.33. The van der Waals surface area contributed by atoms with Gasteiger partial charge in [-0.3, -0.25) is 9.59 Å². The number of aryl methyl sites for hydroxylation is 1. The number of carbonyl (C=O) groups excluding carboxylic acids is 2. The lowest BCUT2D eigenvalue weighted by Gasteiger charge is -2.12. The van der Waals surface area contributed by atoms with Crippen LogP contribution in [0.5, 0.6) is 0 Å². The Hall–Kier alpha value is -3.60. The van der Waals surface area contributed by atoms with E-state index in [1.54, 1.807) is 18.2 Å². The Labute approximate surface area is 182 Å².